The van der Waals surface area contributed by atoms with Crippen molar-refractivity contribution in [1.82, 2.24) is 0 Å². The Bertz CT molecular complexity index is 815. The average molecular weight is 328 g/mol. The van der Waals surface area contributed by atoms with Gasteiger partial charge in [0.2, 0.25) is 0 Å². The van der Waals surface area contributed by atoms with Gasteiger partial charge in [0, 0.05) is 5.56 Å². The fraction of sp³-hybridized carbons (Fsp3) is 0.176. The third kappa shape index (κ3) is 4.39. The summed E-state index contributed by atoms with van der Waals surface area (Å²) in [6.45, 7) is 1.82. The van der Waals surface area contributed by atoms with Crippen LogP contribution in [0.15, 0.2) is 46.6 Å². The molecule has 0 saturated heterocycles. The highest BCUT2D eigenvalue weighted by Gasteiger charge is 2.09. The molecule has 0 heterocycles. The summed E-state index contributed by atoms with van der Waals surface area (Å²) in [6.07, 6.45) is -0.313. The highest BCUT2D eigenvalue weighted by molar-refractivity contribution is 5.90. The lowest BCUT2D eigenvalue weighted by Gasteiger charge is -2.03. The van der Waals surface area contributed by atoms with Crippen LogP contribution < -0.4 is 0 Å². The Morgan fingerprint density at radius 1 is 1.08 bits per heavy atom. The van der Waals surface area contributed by atoms with E-state index in [0.29, 0.717) is 16.9 Å². The summed E-state index contributed by atoms with van der Waals surface area (Å²) < 4.78 is 4.68. The topological polar surface area (TPSA) is 109 Å². The molecule has 0 atom stereocenters. The second kappa shape index (κ2) is 7.36. The van der Waals surface area contributed by atoms with Crippen molar-refractivity contribution in [2.45, 2.75) is 13.3 Å². The minimum atomic E-state index is -1.05. The molecule has 0 amide bonds. The van der Waals surface area contributed by atoms with E-state index >= 15 is 0 Å². The third-order valence-electron chi connectivity index (χ3n) is 3.17. The summed E-state index contributed by atoms with van der Waals surface area (Å²) in [5.41, 5.74) is 2.29. The number of phenols is 1. The fourth-order valence-electron chi connectivity index (χ4n) is 2.11. The number of carboxylic acids is 1. The maximum atomic E-state index is 11.6. The maximum absolute atomic E-state index is 11.6. The molecule has 7 nitrogen and oxygen atoms in total. The Morgan fingerprint density at radius 2 is 1.79 bits per heavy atom. The number of hydrogen-bond acceptors (Lipinski definition) is 6. The number of esters is 1. The van der Waals surface area contributed by atoms with Gasteiger partial charge in [0.05, 0.1) is 30.5 Å². The summed E-state index contributed by atoms with van der Waals surface area (Å²) in [5, 5.41) is 26.5. The van der Waals surface area contributed by atoms with Crippen molar-refractivity contribution >= 4 is 23.3 Å². The zero-order valence-corrected chi connectivity index (χ0v) is 13.2. The summed E-state index contributed by atoms with van der Waals surface area (Å²) in [7, 11) is 1.30. The highest BCUT2D eigenvalue weighted by atomic mass is 16.5. The first-order chi connectivity index (χ1) is 11.4. The van der Waals surface area contributed by atoms with Crippen molar-refractivity contribution in [3.8, 4) is 5.75 Å². The second-order valence-corrected chi connectivity index (χ2v) is 5.13. The van der Waals surface area contributed by atoms with Gasteiger partial charge < -0.3 is 14.9 Å². The molecular formula is C17H16N2O5. The molecule has 0 spiro atoms. The molecule has 7 heteroatoms. The lowest BCUT2D eigenvalue weighted by Crippen LogP contribution is -2.00. The number of ether oxygens (including phenoxy) is 1. The van der Waals surface area contributed by atoms with Gasteiger partial charge in [-0.05, 0) is 48.9 Å². The molecule has 2 rings (SSSR count). The summed E-state index contributed by atoms with van der Waals surface area (Å²) in [4.78, 5) is 22.4. The van der Waals surface area contributed by atoms with E-state index in [1.807, 2.05) is 6.92 Å². The summed E-state index contributed by atoms with van der Waals surface area (Å²) >= 11 is 0. The SMILES string of the molecule is COC(=O)c1cc(C)cc(/N=N/c2ccc(O)c(CC(=O)O)c2)c1. The highest BCUT2D eigenvalue weighted by Crippen LogP contribution is 2.26. The molecule has 0 radical (unpaired) electrons. The van der Waals surface area contributed by atoms with Crippen LogP contribution in [0.25, 0.3) is 0 Å². The Kier molecular flexibility index (Phi) is 5.26. The number of carbonyl (C=O) groups is 2. The van der Waals surface area contributed by atoms with Gasteiger partial charge in [-0.3, -0.25) is 4.79 Å². The van der Waals surface area contributed by atoms with E-state index in [4.69, 9.17) is 5.11 Å². The number of hydrogen-bond donors (Lipinski definition) is 2. The van der Waals surface area contributed by atoms with E-state index in [2.05, 4.69) is 15.0 Å². The van der Waals surface area contributed by atoms with Gasteiger partial charge in [-0.25, -0.2) is 4.79 Å². The quantitative estimate of drug-likeness (QED) is 0.644. The second-order valence-electron chi connectivity index (χ2n) is 5.13. The molecule has 0 aromatic heterocycles. The van der Waals surface area contributed by atoms with Gasteiger partial charge in [0.1, 0.15) is 5.75 Å². The van der Waals surface area contributed by atoms with E-state index in [-0.39, 0.29) is 17.7 Å². The largest absolute Gasteiger partial charge is 0.508 e. The molecule has 0 bridgehead atoms. The smallest absolute Gasteiger partial charge is 0.337 e. The van der Waals surface area contributed by atoms with Crippen LogP contribution in [-0.2, 0) is 16.0 Å². The van der Waals surface area contributed by atoms with E-state index in [1.54, 1.807) is 18.2 Å². The van der Waals surface area contributed by atoms with E-state index in [0.717, 1.165) is 5.56 Å². The van der Waals surface area contributed by atoms with Crippen LogP contribution in [0.5, 0.6) is 5.75 Å². The van der Waals surface area contributed by atoms with Gasteiger partial charge in [0.15, 0.2) is 0 Å². The predicted octanol–water partition coefficient (Wildman–Crippen LogP) is 3.53. The molecule has 2 aromatic rings. The first-order valence-electron chi connectivity index (χ1n) is 7.04. The van der Waals surface area contributed by atoms with Crippen LogP contribution in [0, 0.1) is 6.92 Å². The molecule has 24 heavy (non-hydrogen) atoms. The molecule has 0 aliphatic carbocycles. The number of aryl methyl sites for hydroxylation is 1. The number of aliphatic carboxylic acids is 1. The average Bonchev–Trinajstić information content (AvgIpc) is 2.54. The number of nitrogens with zero attached hydrogens (tertiary/aromatic N) is 2. The number of aromatic hydroxyl groups is 1. The normalized spacial score (nSPS) is 10.8. The van der Waals surface area contributed by atoms with Gasteiger partial charge in [-0.2, -0.15) is 10.2 Å². The van der Waals surface area contributed by atoms with E-state index < -0.39 is 11.9 Å². The number of azo groups is 1. The zero-order valence-electron chi connectivity index (χ0n) is 13.2. The van der Waals surface area contributed by atoms with Gasteiger partial charge in [-0.1, -0.05) is 0 Å². The third-order valence-corrected chi connectivity index (χ3v) is 3.17. The van der Waals surface area contributed by atoms with Crippen molar-refractivity contribution < 1.29 is 24.5 Å². The fourth-order valence-corrected chi connectivity index (χ4v) is 2.11. The Morgan fingerprint density at radius 3 is 2.46 bits per heavy atom. The first kappa shape index (κ1) is 17.1. The molecule has 0 aliphatic heterocycles. The van der Waals surface area contributed by atoms with Crippen molar-refractivity contribution in [2.24, 2.45) is 10.2 Å². The van der Waals surface area contributed by atoms with Gasteiger partial charge in [-0.15, -0.1) is 0 Å². The molecule has 0 fully saturated rings. The molecule has 2 N–H and O–H groups in total. The number of methoxy groups -OCH3 is 1. The van der Waals surface area contributed by atoms with Crippen LogP contribution in [-0.4, -0.2) is 29.3 Å². The van der Waals surface area contributed by atoms with Gasteiger partial charge >= 0.3 is 11.9 Å². The van der Waals surface area contributed by atoms with Crippen LogP contribution in [0.4, 0.5) is 11.4 Å². The zero-order chi connectivity index (χ0) is 17.7. The first-order valence-corrected chi connectivity index (χ1v) is 7.04. The van der Waals surface area contributed by atoms with Crippen LogP contribution in [0.3, 0.4) is 0 Å². The minimum absolute atomic E-state index is 0.111. The Hall–Kier alpha value is -3.22. The lowest BCUT2D eigenvalue weighted by molar-refractivity contribution is -0.136. The number of benzene rings is 2. The number of carboxylic acid groups (broad SMARTS) is 1. The molecule has 2 aromatic carbocycles. The number of carbonyl (C=O) groups excluding carboxylic acids is 1. The van der Waals surface area contributed by atoms with E-state index in [9.17, 15) is 14.7 Å². The number of phenolic OH excluding ortho intramolecular Hbond substituents is 1. The van der Waals surface area contributed by atoms with Crippen LogP contribution >= 0.6 is 0 Å². The number of rotatable bonds is 5. The molecule has 0 unspecified atom stereocenters. The van der Waals surface area contributed by atoms with Crippen LogP contribution in [0.1, 0.15) is 21.5 Å². The Balaban J connectivity index is 2.29. The maximum Gasteiger partial charge on any atom is 0.337 e. The monoisotopic (exact) mass is 328 g/mol. The molecule has 124 valence electrons. The van der Waals surface area contributed by atoms with Crippen LogP contribution in [0.2, 0.25) is 0 Å². The minimum Gasteiger partial charge on any atom is -0.508 e. The molecule has 0 saturated carbocycles. The summed E-state index contributed by atoms with van der Waals surface area (Å²) in [6, 6.07) is 9.29. The predicted molar refractivity (Wildman–Crippen MR) is 86.1 cm³/mol. The lowest BCUT2D eigenvalue weighted by atomic mass is 10.1. The standard InChI is InChI=1S/C17H16N2O5/c1-10-5-12(17(23)24-2)8-14(6-10)19-18-13-3-4-15(20)11(7-13)9-16(21)22/h3-8,20H,9H2,1-2H3,(H,21,22)/b19-18+. The molecule has 0 aliphatic rings. The van der Waals surface area contributed by atoms with Gasteiger partial charge in [0.25, 0.3) is 0 Å². The molecular weight excluding hydrogens is 312 g/mol. The van der Waals surface area contributed by atoms with Crippen molar-refractivity contribution in [2.75, 3.05) is 7.11 Å². The summed E-state index contributed by atoms with van der Waals surface area (Å²) in [5.74, 6) is -1.63. The van der Waals surface area contributed by atoms with E-state index in [1.165, 1.54) is 25.3 Å². The van der Waals surface area contributed by atoms with Crippen molar-refractivity contribution in [1.29, 1.82) is 0 Å². The Labute approximate surface area is 138 Å². The van der Waals surface area contributed by atoms with Crippen molar-refractivity contribution in [3.05, 3.63) is 53.1 Å². The van der Waals surface area contributed by atoms with Crippen molar-refractivity contribution in [3.63, 3.8) is 0 Å².